The minimum atomic E-state index is -0.526. The van der Waals surface area contributed by atoms with E-state index in [-0.39, 0.29) is 12.4 Å². The van der Waals surface area contributed by atoms with E-state index < -0.39 is 12.0 Å². The van der Waals surface area contributed by atoms with E-state index in [1.165, 1.54) is 7.11 Å². The zero-order valence-corrected chi connectivity index (χ0v) is 8.79. The van der Waals surface area contributed by atoms with Gasteiger partial charge in [0.1, 0.15) is 6.10 Å². The van der Waals surface area contributed by atoms with E-state index >= 15 is 0 Å². The Labute approximate surface area is 89.7 Å². The van der Waals surface area contributed by atoms with Crippen LogP contribution in [0.25, 0.3) is 0 Å². The van der Waals surface area contributed by atoms with Gasteiger partial charge in [0.25, 0.3) is 0 Å². The second kappa shape index (κ2) is 6.40. The highest BCUT2D eigenvalue weighted by Gasteiger charge is 2.13. The molecule has 1 aromatic rings. The molecule has 0 aliphatic rings. The molecule has 0 spiro atoms. The third-order valence-corrected chi connectivity index (χ3v) is 1.87. The third-order valence-electron chi connectivity index (χ3n) is 1.87. The lowest BCUT2D eigenvalue weighted by Gasteiger charge is -2.10. The molecule has 0 aliphatic carbocycles. The van der Waals surface area contributed by atoms with Crippen LogP contribution in [0.2, 0.25) is 0 Å². The number of halogens is 1. The molecule has 1 amide bonds. The Morgan fingerprint density at radius 3 is 2.43 bits per heavy atom. The van der Waals surface area contributed by atoms with Crippen LogP contribution in [0.1, 0.15) is 5.56 Å². The number of methoxy groups -OCH3 is 1. The Hall–Kier alpha value is -1.06. The topological polar surface area (TPSA) is 52.3 Å². The lowest BCUT2D eigenvalue weighted by Crippen LogP contribution is -2.32. The van der Waals surface area contributed by atoms with Crippen molar-refractivity contribution in [1.29, 1.82) is 0 Å². The van der Waals surface area contributed by atoms with Crippen LogP contribution in [0, 0.1) is 0 Å². The van der Waals surface area contributed by atoms with Gasteiger partial charge in [0.15, 0.2) is 0 Å². The standard InChI is InChI=1S/C10H13NO2.ClH/c1-13-9(10(11)12)7-8-5-3-2-4-6-8;/h2-6,9H,7H2,1H3,(H2,11,12);1H/t9-;/m1./s1. The molecule has 0 aliphatic heterocycles. The fourth-order valence-corrected chi connectivity index (χ4v) is 1.13. The number of ether oxygens (including phenoxy) is 1. The smallest absolute Gasteiger partial charge is 0.246 e. The highest BCUT2D eigenvalue weighted by Crippen LogP contribution is 2.04. The molecule has 0 unspecified atom stereocenters. The molecule has 0 bridgehead atoms. The van der Waals surface area contributed by atoms with Gasteiger partial charge in [-0.15, -0.1) is 12.4 Å². The maximum atomic E-state index is 10.8. The van der Waals surface area contributed by atoms with Gasteiger partial charge in [0.2, 0.25) is 5.91 Å². The number of hydrogen-bond donors (Lipinski definition) is 1. The van der Waals surface area contributed by atoms with E-state index in [0.717, 1.165) is 5.56 Å². The molecule has 3 nitrogen and oxygen atoms in total. The van der Waals surface area contributed by atoms with Gasteiger partial charge in [-0.25, -0.2) is 0 Å². The van der Waals surface area contributed by atoms with Gasteiger partial charge >= 0.3 is 0 Å². The highest BCUT2D eigenvalue weighted by atomic mass is 35.5. The average Bonchev–Trinajstić information content (AvgIpc) is 2.15. The van der Waals surface area contributed by atoms with Crippen molar-refractivity contribution in [3.05, 3.63) is 35.9 Å². The van der Waals surface area contributed by atoms with Crippen LogP contribution in [0.4, 0.5) is 0 Å². The maximum absolute atomic E-state index is 10.8. The van der Waals surface area contributed by atoms with Crippen LogP contribution >= 0.6 is 12.4 Å². The second-order valence-corrected chi connectivity index (χ2v) is 2.82. The Kier molecular flexibility index (Phi) is 5.92. The fourth-order valence-electron chi connectivity index (χ4n) is 1.13. The molecule has 4 heteroatoms. The summed E-state index contributed by atoms with van der Waals surface area (Å²) in [5, 5.41) is 0. The molecule has 1 aromatic carbocycles. The zero-order chi connectivity index (χ0) is 9.68. The molecular formula is C10H14ClNO2. The molecule has 0 saturated carbocycles. The van der Waals surface area contributed by atoms with Gasteiger partial charge in [0, 0.05) is 13.5 Å². The molecule has 1 rings (SSSR count). The Balaban J connectivity index is 0.00000169. The molecule has 0 heterocycles. The van der Waals surface area contributed by atoms with Crippen LogP contribution in [0.5, 0.6) is 0 Å². The van der Waals surface area contributed by atoms with E-state index in [1.54, 1.807) is 0 Å². The summed E-state index contributed by atoms with van der Waals surface area (Å²) in [6, 6.07) is 9.64. The van der Waals surface area contributed by atoms with Crippen molar-refractivity contribution in [1.82, 2.24) is 0 Å². The highest BCUT2D eigenvalue weighted by molar-refractivity contribution is 5.85. The monoisotopic (exact) mass is 215 g/mol. The van der Waals surface area contributed by atoms with Gasteiger partial charge in [-0.1, -0.05) is 30.3 Å². The summed E-state index contributed by atoms with van der Waals surface area (Å²) >= 11 is 0. The van der Waals surface area contributed by atoms with Crippen molar-refractivity contribution in [2.45, 2.75) is 12.5 Å². The van der Waals surface area contributed by atoms with Crippen LogP contribution in [-0.4, -0.2) is 19.1 Å². The van der Waals surface area contributed by atoms with Gasteiger partial charge in [-0.05, 0) is 5.56 Å². The number of benzene rings is 1. The third kappa shape index (κ3) is 3.77. The van der Waals surface area contributed by atoms with Crippen LogP contribution < -0.4 is 5.73 Å². The van der Waals surface area contributed by atoms with Crippen molar-refractivity contribution in [2.24, 2.45) is 5.73 Å². The Morgan fingerprint density at radius 2 is 2.00 bits per heavy atom. The van der Waals surface area contributed by atoms with Crippen molar-refractivity contribution in [2.75, 3.05) is 7.11 Å². The summed E-state index contributed by atoms with van der Waals surface area (Å²) in [5.74, 6) is -0.425. The maximum Gasteiger partial charge on any atom is 0.246 e. The molecule has 0 aromatic heterocycles. The number of amides is 1. The summed E-state index contributed by atoms with van der Waals surface area (Å²) in [4.78, 5) is 10.8. The molecule has 14 heavy (non-hydrogen) atoms. The molecule has 0 radical (unpaired) electrons. The Morgan fingerprint density at radius 1 is 1.43 bits per heavy atom. The van der Waals surface area contributed by atoms with Crippen LogP contribution in [-0.2, 0) is 16.0 Å². The first-order valence-electron chi connectivity index (χ1n) is 4.10. The van der Waals surface area contributed by atoms with E-state index in [2.05, 4.69) is 0 Å². The van der Waals surface area contributed by atoms with Crippen LogP contribution in [0.15, 0.2) is 30.3 Å². The number of rotatable bonds is 4. The summed E-state index contributed by atoms with van der Waals surface area (Å²) in [7, 11) is 1.48. The number of primary amides is 1. The molecule has 0 saturated heterocycles. The first kappa shape index (κ1) is 12.9. The fraction of sp³-hybridized carbons (Fsp3) is 0.300. The molecule has 0 fully saturated rings. The van der Waals surface area contributed by atoms with E-state index in [0.29, 0.717) is 6.42 Å². The lowest BCUT2D eigenvalue weighted by atomic mass is 10.1. The lowest BCUT2D eigenvalue weighted by molar-refractivity contribution is -0.127. The predicted octanol–water partition coefficient (Wildman–Crippen LogP) is 1.15. The number of carbonyl (C=O) groups excluding carboxylic acids is 1. The largest absolute Gasteiger partial charge is 0.371 e. The van der Waals surface area contributed by atoms with E-state index in [4.69, 9.17) is 10.5 Å². The number of hydrogen-bond acceptors (Lipinski definition) is 2. The quantitative estimate of drug-likeness (QED) is 0.819. The van der Waals surface area contributed by atoms with Gasteiger partial charge < -0.3 is 10.5 Å². The normalized spacial score (nSPS) is 11.5. The summed E-state index contributed by atoms with van der Waals surface area (Å²) < 4.78 is 4.94. The second-order valence-electron chi connectivity index (χ2n) is 2.82. The molecular weight excluding hydrogens is 202 g/mol. The summed E-state index contributed by atoms with van der Waals surface area (Å²) in [6.45, 7) is 0. The van der Waals surface area contributed by atoms with Crippen molar-refractivity contribution in [3.8, 4) is 0 Å². The number of nitrogens with two attached hydrogens (primary N) is 1. The first-order valence-corrected chi connectivity index (χ1v) is 4.10. The number of carbonyl (C=O) groups is 1. The molecule has 78 valence electrons. The SMILES string of the molecule is CO[C@H](Cc1ccccc1)C(N)=O.Cl. The van der Waals surface area contributed by atoms with Crippen molar-refractivity contribution in [3.63, 3.8) is 0 Å². The minimum Gasteiger partial charge on any atom is -0.371 e. The van der Waals surface area contributed by atoms with E-state index in [1.807, 2.05) is 30.3 Å². The van der Waals surface area contributed by atoms with Crippen molar-refractivity contribution < 1.29 is 9.53 Å². The molecule has 2 N–H and O–H groups in total. The minimum absolute atomic E-state index is 0. The van der Waals surface area contributed by atoms with Crippen LogP contribution in [0.3, 0.4) is 0 Å². The zero-order valence-electron chi connectivity index (χ0n) is 7.97. The Bertz CT molecular complexity index is 277. The van der Waals surface area contributed by atoms with Crippen molar-refractivity contribution >= 4 is 18.3 Å². The van der Waals surface area contributed by atoms with E-state index in [9.17, 15) is 4.79 Å². The summed E-state index contributed by atoms with van der Waals surface area (Å²) in [6.07, 6.45) is 0.00884. The average molecular weight is 216 g/mol. The first-order chi connectivity index (χ1) is 6.24. The van der Waals surface area contributed by atoms with Gasteiger partial charge in [0.05, 0.1) is 0 Å². The predicted molar refractivity (Wildman–Crippen MR) is 57.4 cm³/mol. The van der Waals surface area contributed by atoms with Gasteiger partial charge in [-0.2, -0.15) is 0 Å². The summed E-state index contributed by atoms with van der Waals surface area (Å²) in [5.41, 5.74) is 6.18. The van der Waals surface area contributed by atoms with Gasteiger partial charge in [-0.3, -0.25) is 4.79 Å². The molecule has 1 atom stereocenters.